The number of likely N-dealkylation sites (tertiary alicyclic amines) is 1. The second-order valence-electron chi connectivity index (χ2n) is 9.47. The Balaban J connectivity index is 1.89. The van der Waals surface area contributed by atoms with Gasteiger partial charge >= 0.3 is 0 Å². The SMILES string of the molecule is Cc1ccc(S(=O)(=O)n2c(C(=O)/C(C#N)=C/N)cc3cc(C4CCN(C(C)C)CC4)c(F)cc32)cc1. The molecule has 1 aliphatic heterocycles. The fourth-order valence-corrected chi connectivity index (χ4v) is 6.30. The molecule has 1 fully saturated rings. The molecule has 2 aromatic carbocycles. The minimum Gasteiger partial charge on any atom is -0.403 e. The number of allylic oxidation sites excluding steroid dienone is 1. The first-order valence-electron chi connectivity index (χ1n) is 11.9. The third-order valence-corrected chi connectivity index (χ3v) is 8.64. The van der Waals surface area contributed by atoms with E-state index in [1.807, 2.05) is 6.92 Å². The predicted octanol–water partition coefficient (Wildman–Crippen LogP) is 4.46. The van der Waals surface area contributed by atoms with Gasteiger partial charge in [0.25, 0.3) is 10.0 Å². The number of halogens is 1. The summed E-state index contributed by atoms with van der Waals surface area (Å²) in [7, 11) is -4.29. The van der Waals surface area contributed by atoms with Crippen LogP contribution >= 0.6 is 0 Å². The van der Waals surface area contributed by atoms with Crippen LogP contribution in [0.1, 0.15) is 54.2 Å². The van der Waals surface area contributed by atoms with E-state index in [1.54, 1.807) is 24.3 Å². The molecule has 0 unspecified atom stereocenters. The number of Topliss-reactive ketones (excluding diaryl/α,β-unsaturated/α-hetero) is 1. The van der Waals surface area contributed by atoms with Crippen LogP contribution in [-0.2, 0) is 10.0 Å². The van der Waals surface area contributed by atoms with Crippen molar-refractivity contribution in [2.75, 3.05) is 13.1 Å². The largest absolute Gasteiger partial charge is 0.403 e. The van der Waals surface area contributed by atoms with E-state index in [0.29, 0.717) is 17.0 Å². The zero-order valence-electron chi connectivity index (χ0n) is 20.5. The van der Waals surface area contributed by atoms with Gasteiger partial charge in [-0.2, -0.15) is 5.26 Å². The molecule has 0 aliphatic carbocycles. The summed E-state index contributed by atoms with van der Waals surface area (Å²) in [6.45, 7) is 7.78. The molecular formula is C27H29FN4O3S. The number of piperidine rings is 1. The highest BCUT2D eigenvalue weighted by molar-refractivity contribution is 7.90. The fourth-order valence-electron chi connectivity index (χ4n) is 4.80. The summed E-state index contributed by atoms with van der Waals surface area (Å²) in [5.74, 6) is -1.38. The summed E-state index contributed by atoms with van der Waals surface area (Å²) in [5.41, 5.74) is 6.18. The second-order valence-corrected chi connectivity index (χ2v) is 11.3. The van der Waals surface area contributed by atoms with Crippen molar-refractivity contribution in [2.45, 2.75) is 50.5 Å². The van der Waals surface area contributed by atoms with Gasteiger partial charge in [-0.3, -0.25) is 4.79 Å². The number of ketones is 1. The number of hydrogen-bond acceptors (Lipinski definition) is 6. The maximum Gasteiger partial charge on any atom is 0.268 e. The number of aromatic nitrogens is 1. The van der Waals surface area contributed by atoms with Gasteiger partial charge in [-0.1, -0.05) is 17.7 Å². The van der Waals surface area contributed by atoms with Gasteiger partial charge in [-0.15, -0.1) is 0 Å². The van der Waals surface area contributed by atoms with E-state index in [-0.39, 0.29) is 22.0 Å². The van der Waals surface area contributed by atoms with Gasteiger partial charge in [-0.25, -0.2) is 16.8 Å². The predicted molar refractivity (Wildman–Crippen MR) is 137 cm³/mol. The Labute approximate surface area is 210 Å². The molecule has 2 heterocycles. The summed E-state index contributed by atoms with van der Waals surface area (Å²) in [6.07, 6.45) is 2.41. The van der Waals surface area contributed by atoms with Crippen LogP contribution in [0.4, 0.5) is 4.39 Å². The van der Waals surface area contributed by atoms with E-state index < -0.39 is 27.2 Å². The van der Waals surface area contributed by atoms with Crippen molar-refractivity contribution in [1.29, 1.82) is 5.26 Å². The normalized spacial score (nSPS) is 15.9. The van der Waals surface area contributed by atoms with Gasteiger partial charge in [0.05, 0.1) is 10.4 Å². The number of nitriles is 1. The van der Waals surface area contributed by atoms with Crippen LogP contribution in [0.25, 0.3) is 10.9 Å². The third-order valence-electron chi connectivity index (χ3n) is 6.90. The zero-order valence-corrected chi connectivity index (χ0v) is 21.3. The maximum absolute atomic E-state index is 15.5. The van der Waals surface area contributed by atoms with Crippen molar-refractivity contribution >= 4 is 26.7 Å². The lowest BCUT2D eigenvalue weighted by molar-refractivity contribution is 0.103. The van der Waals surface area contributed by atoms with Crippen LogP contribution in [-0.4, -0.2) is 42.2 Å². The molecule has 0 spiro atoms. The average Bonchev–Trinajstić information content (AvgIpc) is 3.23. The van der Waals surface area contributed by atoms with Crippen molar-refractivity contribution in [3.05, 3.63) is 76.9 Å². The Morgan fingerprint density at radius 1 is 1.17 bits per heavy atom. The topological polar surface area (TPSA) is 109 Å². The van der Waals surface area contributed by atoms with Gasteiger partial charge in [0, 0.05) is 17.6 Å². The van der Waals surface area contributed by atoms with Crippen LogP contribution < -0.4 is 5.73 Å². The Kier molecular flexibility index (Phi) is 7.03. The van der Waals surface area contributed by atoms with Crippen LogP contribution in [0.5, 0.6) is 0 Å². The van der Waals surface area contributed by atoms with Gasteiger partial charge in [0.15, 0.2) is 0 Å². The van der Waals surface area contributed by atoms with Crippen LogP contribution in [0, 0.1) is 24.1 Å². The summed E-state index contributed by atoms with van der Waals surface area (Å²) in [5, 5.41) is 9.76. The van der Waals surface area contributed by atoms with E-state index in [2.05, 4.69) is 18.7 Å². The molecule has 4 rings (SSSR count). The van der Waals surface area contributed by atoms with E-state index in [9.17, 15) is 18.5 Å². The Morgan fingerprint density at radius 3 is 2.36 bits per heavy atom. The van der Waals surface area contributed by atoms with Crippen molar-refractivity contribution in [2.24, 2.45) is 5.73 Å². The molecule has 1 aliphatic rings. The highest BCUT2D eigenvalue weighted by Crippen LogP contribution is 2.35. The summed E-state index contributed by atoms with van der Waals surface area (Å²) >= 11 is 0. The van der Waals surface area contributed by atoms with Crippen molar-refractivity contribution in [1.82, 2.24) is 8.87 Å². The smallest absolute Gasteiger partial charge is 0.268 e. The maximum atomic E-state index is 15.5. The monoisotopic (exact) mass is 508 g/mol. The van der Waals surface area contributed by atoms with E-state index in [4.69, 9.17) is 5.73 Å². The molecule has 3 aromatic rings. The van der Waals surface area contributed by atoms with Gasteiger partial charge in [0.2, 0.25) is 5.78 Å². The minimum absolute atomic E-state index is 0.0146. The first-order valence-corrected chi connectivity index (χ1v) is 13.3. The molecular weight excluding hydrogens is 479 g/mol. The van der Waals surface area contributed by atoms with Crippen LogP contribution in [0.15, 0.2) is 59.1 Å². The Hall–Kier alpha value is -3.48. The van der Waals surface area contributed by atoms with E-state index >= 15 is 4.39 Å². The molecule has 188 valence electrons. The lowest BCUT2D eigenvalue weighted by Gasteiger charge is -2.34. The Bertz CT molecular complexity index is 1490. The first kappa shape index (κ1) is 25.6. The molecule has 36 heavy (non-hydrogen) atoms. The lowest BCUT2D eigenvalue weighted by atomic mass is 9.88. The molecule has 0 atom stereocenters. The number of carbonyl (C=O) groups excluding carboxylic acids is 1. The first-order chi connectivity index (χ1) is 17.1. The molecule has 1 aromatic heterocycles. The second kappa shape index (κ2) is 9.88. The number of fused-ring (bicyclic) bond motifs is 1. The molecule has 2 N–H and O–H groups in total. The van der Waals surface area contributed by atoms with Gasteiger partial charge < -0.3 is 10.6 Å². The molecule has 1 saturated heterocycles. The molecule has 0 bridgehead atoms. The molecule has 9 heteroatoms. The standard InChI is InChI=1S/C27H29FN4O3S/c1-17(2)31-10-8-19(9-11-31)23-12-20-13-26(27(33)21(15-29)16-30)32(25(20)14-24(23)28)36(34,35)22-6-4-18(3)5-7-22/h4-7,12-15,17,19H,8-11,29H2,1-3H3/b21-15+. The average molecular weight is 509 g/mol. The summed E-state index contributed by atoms with van der Waals surface area (Å²) in [4.78, 5) is 15.4. The summed E-state index contributed by atoms with van der Waals surface area (Å²) in [6, 6.07) is 12.5. The molecule has 0 saturated carbocycles. The van der Waals surface area contributed by atoms with Crippen LogP contribution in [0.3, 0.4) is 0 Å². The quantitative estimate of drug-likeness (QED) is 0.299. The van der Waals surface area contributed by atoms with Gasteiger partial charge in [-0.05, 0) is 88.5 Å². The van der Waals surface area contributed by atoms with E-state index in [0.717, 1.165) is 41.7 Å². The van der Waals surface area contributed by atoms with Gasteiger partial charge in [0.1, 0.15) is 23.2 Å². The minimum atomic E-state index is -4.29. The fraction of sp³-hybridized carbons (Fsp3) is 0.333. The Morgan fingerprint density at radius 2 is 1.81 bits per heavy atom. The highest BCUT2D eigenvalue weighted by Gasteiger charge is 2.30. The number of hydrogen-bond donors (Lipinski definition) is 1. The summed E-state index contributed by atoms with van der Waals surface area (Å²) < 4.78 is 43.7. The number of rotatable bonds is 6. The molecule has 0 amide bonds. The van der Waals surface area contributed by atoms with Crippen molar-refractivity contribution in [3.8, 4) is 6.07 Å². The van der Waals surface area contributed by atoms with E-state index in [1.165, 1.54) is 24.3 Å². The van der Waals surface area contributed by atoms with Crippen LogP contribution in [0.2, 0.25) is 0 Å². The number of benzene rings is 2. The highest BCUT2D eigenvalue weighted by atomic mass is 32.2. The number of aryl methyl sites for hydroxylation is 1. The zero-order chi connectivity index (χ0) is 26.2. The van der Waals surface area contributed by atoms with Crippen molar-refractivity contribution in [3.63, 3.8) is 0 Å². The molecule has 7 nitrogen and oxygen atoms in total. The number of carbonyl (C=O) groups is 1. The van der Waals surface area contributed by atoms with Crippen molar-refractivity contribution < 1.29 is 17.6 Å². The number of nitrogens with two attached hydrogens (primary N) is 1. The number of nitrogens with zero attached hydrogens (tertiary/aromatic N) is 3. The third kappa shape index (κ3) is 4.54. The molecule has 0 radical (unpaired) electrons. The lowest BCUT2D eigenvalue weighted by Crippen LogP contribution is -2.38.